The van der Waals surface area contributed by atoms with Crippen LogP contribution in [0.5, 0.6) is 5.88 Å². The van der Waals surface area contributed by atoms with E-state index >= 15 is 0 Å². The van der Waals surface area contributed by atoms with Gasteiger partial charge < -0.3 is 14.8 Å². The number of ether oxygens (including phenoxy) is 2. The van der Waals surface area contributed by atoms with Crippen LogP contribution < -0.4 is 14.8 Å². The molecule has 2 saturated carbocycles. The predicted octanol–water partition coefficient (Wildman–Crippen LogP) is 7.00. The fraction of sp³-hybridized carbons (Fsp3) is 0.514. The number of nitrogens with zero attached hydrogens (tertiary/aromatic N) is 2. The normalized spacial score (nSPS) is 27.0. The van der Waals surface area contributed by atoms with E-state index in [2.05, 4.69) is 46.8 Å². The van der Waals surface area contributed by atoms with E-state index in [1.807, 2.05) is 50.2 Å². The van der Waals surface area contributed by atoms with E-state index in [1.54, 1.807) is 6.07 Å². The average molecular weight is 633 g/mol. The van der Waals surface area contributed by atoms with Gasteiger partial charge in [0.05, 0.1) is 24.3 Å². The summed E-state index contributed by atoms with van der Waals surface area (Å²) in [5.41, 5.74) is 4.86. The van der Waals surface area contributed by atoms with E-state index < -0.39 is 10.0 Å². The fourth-order valence-corrected chi connectivity index (χ4v) is 9.11. The van der Waals surface area contributed by atoms with Gasteiger partial charge in [-0.05, 0) is 97.4 Å². The molecular formula is C35H44N4O5S. The van der Waals surface area contributed by atoms with Crippen molar-refractivity contribution in [1.29, 1.82) is 0 Å². The number of hydrogen-bond acceptors (Lipinski definition) is 7. The van der Waals surface area contributed by atoms with Gasteiger partial charge in [0.15, 0.2) is 0 Å². The predicted molar refractivity (Wildman–Crippen MR) is 174 cm³/mol. The summed E-state index contributed by atoms with van der Waals surface area (Å²) < 4.78 is 41.5. The summed E-state index contributed by atoms with van der Waals surface area (Å²) in [6.45, 7) is 11.2. The number of aryl methyl sites for hydroxylation is 2. The monoisotopic (exact) mass is 632 g/mol. The molecule has 1 amide bonds. The second kappa shape index (κ2) is 11.6. The largest absolute Gasteiger partial charge is 0.477 e. The first-order chi connectivity index (χ1) is 21.2. The van der Waals surface area contributed by atoms with Crippen molar-refractivity contribution < 1.29 is 22.7 Å². The molecule has 3 aliphatic rings. The third-order valence-electron chi connectivity index (χ3n) is 9.81. The van der Waals surface area contributed by atoms with E-state index in [0.717, 1.165) is 54.4 Å². The Morgan fingerprint density at radius 1 is 1.04 bits per heavy atom. The van der Waals surface area contributed by atoms with E-state index in [0.29, 0.717) is 24.1 Å². The highest BCUT2D eigenvalue weighted by atomic mass is 32.2. The minimum Gasteiger partial charge on any atom is -0.477 e. The summed E-state index contributed by atoms with van der Waals surface area (Å²) in [6.07, 6.45) is 4.45. The maximum Gasteiger partial charge on any atom is 0.407 e. The first kappa shape index (κ1) is 31.3. The third kappa shape index (κ3) is 6.52. The Morgan fingerprint density at radius 2 is 1.73 bits per heavy atom. The van der Waals surface area contributed by atoms with Crippen LogP contribution in [-0.2, 0) is 14.8 Å². The van der Waals surface area contributed by atoms with Gasteiger partial charge in [0, 0.05) is 23.6 Å². The molecule has 1 spiro atoms. The van der Waals surface area contributed by atoms with Crippen LogP contribution in [-0.4, -0.2) is 44.2 Å². The van der Waals surface area contributed by atoms with Gasteiger partial charge in [0.2, 0.25) is 11.8 Å². The van der Waals surface area contributed by atoms with Gasteiger partial charge in [-0.25, -0.2) is 22.9 Å². The van der Waals surface area contributed by atoms with Gasteiger partial charge in [0.1, 0.15) is 0 Å². The van der Waals surface area contributed by atoms with Crippen molar-refractivity contribution >= 4 is 22.1 Å². The molecule has 10 heteroatoms. The van der Waals surface area contributed by atoms with Crippen molar-refractivity contribution in [3.05, 3.63) is 65.2 Å². The maximum atomic E-state index is 13.8. The maximum absolute atomic E-state index is 13.8. The second-order valence-corrected chi connectivity index (χ2v) is 16.3. The SMILES string of the molecule is COC(=O)NC1CC2(C1)CC(C1c3cccc(c3)S(=O)(=O)Nc3nc(cc(-c4c(C)cccc4C)n3)OC[C@H]1CC(C)(C)C)C2. The number of anilines is 1. The van der Waals surface area contributed by atoms with Crippen LogP contribution in [0.4, 0.5) is 10.7 Å². The molecule has 2 atom stereocenters. The topological polar surface area (TPSA) is 120 Å². The van der Waals surface area contributed by atoms with Crippen LogP contribution in [0.25, 0.3) is 11.3 Å². The molecule has 1 aliphatic heterocycles. The van der Waals surface area contributed by atoms with E-state index in [9.17, 15) is 13.2 Å². The smallest absolute Gasteiger partial charge is 0.407 e. The Labute approximate surface area is 266 Å². The molecule has 2 N–H and O–H groups in total. The number of fused-ring (bicyclic) bond motifs is 4. The summed E-state index contributed by atoms with van der Waals surface area (Å²) in [5, 5.41) is 2.94. The Bertz CT molecular complexity index is 1680. The highest BCUT2D eigenvalue weighted by Crippen LogP contribution is 2.63. The molecule has 2 heterocycles. The Morgan fingerprint density at radius 3 is 2.40 bits per heavy atom. The molecule has 0 saturated heterocycles. The van der Waals surface area contributed by atoms with Crippen molar-refractivity contribution in [3.63, 3.8) is 0 Å². The molecule has 2 fully saturated rings. The van der Waals surface area contributed by atoms with E-state index in [-0.39, 0.29) is 45.6 Å². The molecule has 2 aliphatic carbocycles. The lowest BCUT2D eigenvalue weighted by molar-refractivity contribution is -0.0689. The van der Waals surface area contributed by atoms with Crippen molar-refractivity contribution in [1.82, 2.24) is 15.3 Å². The number of benzene rings is 2. The number of carbonyl (C=O) groups is 1. The zero-order valence-corrected chi connectivity index (χ0v) is 27.8. The summed E-state index contributed by atoms with van der Waals surface area (Å²) in [6, 6.07) is 15.4. The number of aromatic nitrogens is 2. The number of nitrogens with one attached hydrogen (secondary N) is 2. The van der Waals surface area contributed by atoms with Gasteiger partial charge in [-0.3, -0.25) is 0 Å². The fourth-order valence-electron chi connectivity index (χ4n) is 8.11. The van der Waals surface area contributed by atoms with Gasteiger partial charge in [-0.1, -0.05) is 51.1 Å². The molecule has 1 unspecified atom stereocenters. The van der Waals surface area contributed by atoms with Crippen LogP contribution >= 0.6 is 0 Å². The number of rotatable bonds is 4. The van der Waals surface area contributed by atoms with E-state index in [4.69, 9.17) is 9.47 Å². The molecule has 6 rings (SSSR count). The summed E-state index contributed by atoms with van der Waals surface area (Å²) in [7, 11) is -2.59. The molecule has 45 heavy (non-hydrogen) atoms. The number of methoxy groups -OCH3 is 1. The van der Waals surface area contributed by atoms with Crippen LogP contribution in [0.3, 0.4) is 0 Å². The number of alkyl carbamates (subject to hydrolysis) is 1. The molecule has 0 radical (unpaired) electrons. The Balaban J connectivity index is 1.38. The third-order valence-corrected chi connectivity index (χ3v) is 11.1. The van der Waals surface area contributed by atoms with Crippen molar-refractivity contribution in [2.75, 3.05) is 18.4 Å². The quantitative estimate of drug-likeness (QED) is 0.318. The number of hydrogen-bond donors (Lipinski definition) is 2. The first-order valence-corrected chi connectivity index (χ1v) is 17.3. The summed E-state index contributed by atoms with van der Waals surface area (Å²) in [4.78, 5) is 21.1. The zero-order chi connectivity index (χ0) is 32.1. The Kier molecular flexibility index (Phi) is 8.08. The molecule has 1 aromatic heterocycles. The zero-order valence-electron chi connectivity index (χ0n) is 27.0. The molecular weight excluding hydrogens is 588 g/mol. The van der Waals surface area contributed by atoms with E-state index in [1.165, 1.54) is 7.11 Å². The lowest BCUT2D eigenvalue weighted by atomic mass is 9.46. The number of carbonyl (C=O) groups excluding carboxylic acids is 1. The van der Waals surface area contributed by atoms with Gasteiger partial charge in [-0.15, -0.1) is 0 Å². The van der Waals surface area contributed by atoms with Crippen molar-refractivity contribution in [3.8, 4) is 17.1 Å². The summed E-state index contributed by atoms with van der Waals surface area (Å²) in [5.74, 6) is 0.907. The highest BCUT2D eigenvalue weighted by molar-refractivity contribution is 7.92. The standard InChI is InChI=1S/C35H44N4O5S/c1-21-9-7-10-22(2)30(21)28-14-29-38-32(37-28)39-45(41,42)27-12-8-11-23(13-27)31(25(20-44-29)15-34(3,4)5)24-16-35(17-24)18-26(19-35)36-33(40)43-6/h7-14,24-26,31H,15-20H2,1-6H3,(H,36,40)(H,37,38,39)/t24?,25-,26?,31?,35?/m1/s1. The average Bonchev–Trinajstić information content (AvgIpc) is 2.92. The van der Waals surface area contributed by atoms with Crippen LogP contribution in [0, 0.1) is 36.5 Å². The molecule has 2 aromatic carbocycles. The molecule has 3 aromatic rings. The lowest BCUT2D eigenvalue weighted by Gasteiger charge is -2.60. The van der Waals surface area contributed by atoms with Crippen LogP contribution in [0.1, 0.15) is 75.5 Å². The van der Waals surface area contributed by atoms with Gasteiger partial charge in [-0.2, -0.15) is 4.98 Å². The van der Waals surface area contributed by atoms with Gasteiger partial charge >= 0.3 is 6.09 Å². The number of amides is 1. The number of sulfonamides is 1. The highest BCUT2D eigenvalue weighted by Gasteiger charge is 2.56. The van der Waals surface area contributed by atoms with Crippen molar-refractivity contribution in [2.45, 2.75) is 83.6 Å². The molecule has 9 nitrogen and oxygen atoms in total. The summed E-state index contributed by atoms with van der Waals surface area (Å²) >= 11 is 0. The van der Waals surface area contributed by atoms with Crippen LogP contribution in [0.15, 0.2) is 53.4 Å². The van der Waals surface area contributed by atoms with Crippen LogP contribution in [0.2, 0.25) is 0 Å². The second-order valence-electron chi connectivity index (χ2n) is 14.6. The minimum atomic E-state index is -3.98. The van der Waals surface area contributed by atoms with Crippen molar-refractivity contribution in [2.24, 2.45) is 22.7 Å². The molecule has 240 valence electrons. The van der Waals surface area contributed by atoms with Gasteiger partial charge in [0.25, 0.3) is 10.0 Å². The molecule has 4 bridgehead atoms. The first-order valence-electron chi connectivity index (χ1n) is 15.8. The minimum absolute atomic E-state index is 0.0129. The Hall–Kier alpha value is -3.66. The lowest BCUT2D eigenvalue weighted by Crippen LogP contribution is -2.57.